The van der Waals surface area contributed by atoms with Gasteiger partial charge >= 0.3 is 0 Å². The average Bonchev–Trinajstić information content (AvgIpc) is 2.72. The second-order valence-electron chi connectivity index (χ2n) is 2.85. The van der Waals surface area contributed by atoms with Crippen LogP contribution in [-0.2, 0) is 0 Å². The predicted octanol–water partition coefficient (Wildman–Crippen LogP) is 5.23. The van der Waals surface area contributed by atoms with Crippen LogP contribution in [0.4, 0.5) is 0 Å². The van der Waals surface area contributed by atoms with Crippen molar-refractivity contribution < 1.29 is 0 Å². The van der Waals surface area contributed by atoms with Crippen LogP contribution in [0, 0.1) is 13.8 Å². The van der Waals surface area contributed by atoms with Crippen LogP contribution >= 0.6 is 44.3 Å². The van der Waals surface area contributed by atoms with E-state index in [1.807, 2.05) is 44.3 Å². The Morgan fingerprint density at radius 2 is 1.29 bits per heavy atom. The molecular weight excluding hydrogens is 248 g/mol. The SMILES string of the molecule is Cc1sccc1SSc1ccsc1C. The second-order valence-corrected chi connectivity index (χ2v) is 7.30. The van der Waals surface area contributed by atoms with Gasteiger partial charge in [-0.15, -0.1) is 22.7 Å². The van der Waals surface area contributed by atoms with Gasteiger partial charge in [0.25, 0.3) is 0 Å². The van der Waals surface area contributed by atoms with Crippen LogP contribution in [0.25, 0.3) is 0 Å². The van der Waals surface area contributed by atoms with Gasteiger partial charge in [0.2, 0.25) is 0 Å². The molecule has 2 aromatic rings. The van der Waals surface area contributed by atoms with E-state index in [0.29, 0.717) is 0 Å². The van der Waals surface area contributed by atoms with Gasteiger partial charge in [-0.2, -0.15) is 0 Å². The molecular formula is C10H10S4. The zero-order valence-corrected chi connectivity index (χ0v) is 11.2. The van der Waals surface area contributed by atoms with Gasteiger partial charge in [0, 0.05) is 19.5 Å². The zero-order chi connectivity index (χ0) is 9.97. The second kappa shape index (κ2) is 4.75. The summed E-state index contributed by atoms with van der Waals surface area (Å²) in [6, 6.07) is 4.39. The maximum atomic E-state index is 2.19. The summed E-state index contributed by atoms with van der Waals surface area (Å²) in [5, 5.41) is 4.30. The lowest BCUT2D eigenvalue weighted by atomic mass is 10.5. The molecule has 0 fully saturated rings. The van der Waals surface area contributed by atoms with E-state index in [4.69, 9.17) is 0 Å². The van der Waals surface area contributed by atoms with Crippen LogP contribution in [0.5, 0.6) is 0 Å². The fourth-order valence-electron chi connectivity index (χ4n) is 1.01. The standard InChI is InChI=1S/C10H10S4/c1-7-9(3-5-11-7)13-14-10-4-6-12-8(10)2/h3-6H,1-2H3. The number of rotatable bonds is 3. The maximum Gasteiger partial charge on any atom is 0.0322 e. The first-order chi connectivity index (χ1) is 6.77. The Labute approximate surface area is 100 Å². The molecule has 0 spiro atoms. The van der Waals surface area contributed by atoms with E-state index < -0.39 is 0 Å². The van der Waals surface area contributed by atoms with E-state index in [1.165, 1.54) is 19.5 Å². The van der Waals surface area contributed by atoms with Crippen molar-refractivity contribution in [3.05, 3.63) is 32.6 Å². The molecule has 0 saturated heterocycles. The molecule has 0 radical (unpaired) electrons. The van der Waals surface area contributed by atoms with Crippen LogP contribution in [0.2, 0.25) is 0 Å². The van der Waals surface area contributed by atoms with Gasteiger partial charge in [-0.3, -0.25) is 0 Å². The molecule has 0 atom stereocenters. The van der Waals surface area contributed by atoms with Crippen LogP contribution in [0.15, 0.2) is 32.7 Å². The molecule has 2 aromatic heterocycles. The Balaban J connectivity index is 2.02. The Hall–Kier alpha value is 0.1000. The minimum atomic E-state index is 1.39. The molecule has 0 amide bonds. The Morgan fingerprint density at radius 3 is 1.57 bits per heavy atom. The van der Waals surface area contributed by atoms with Gasteiger partial charge in [-0.25, -0.2) is 0 Å². The number of thiophene rings is 2. The fourth-order valence-corrected chi connectivity index (χ4v) is 5.51. The first kappa shape index (κ1) is 10.6. The van der Waals surface area contributed by atoms with Gasteiger partial charge in [0.05, 0.1) is 0 Å². The molecule has 0 aliphatic heterocycles. The van der Waals surface area contributed by atoms with Crippen molar-refractivity contribution in [3.63, 3.8) is 0 Å². The molecule has 14 heavy (non-hydrogen) atoms. The van der Waals surface area contributed by atoms with Gasteiger partial charge in [-0.05, 0) is 36.7 Å². The summed E-state index contributed by atoms with van der Waals surface area (Å²) in [5.41, 5.74) is 0. The van der Waals surface area contributed by atoms with Crippen molar-refractivity contribution in [2.45, 2.75) is 23.6 Å². The van der Waals surface area contributed by atoms with Crippen molar-refractivity contribution in [1.29, 1.82) is 0 Å². The van der Waals surface area contributed by atoms with Crippen molar-refractivity contribution in [2.75, 3.05) is 0 Å². The van der Waals surface area contributed by atoms with E-state index in [-0.39, 0.29) is 0 Å². The summed E-state index contributed by atoms with van der Waals surface area (Å²) in [7, 11) is 3.72. The first-order valence-corrected chi connectivity index (χ1v) is 8.11. The Bertz CT molecular complexity index is 373. The fraction of sp³-hybridized carbons (Fsp3) is 0.200. The lowest BCUT2D eigenvalue weighted by Crippen LogP contribution is -1.66. The van der Waals surface area contributed by atoms with E-state index >= 15 is 0 Å². The van der Waals surface area contributed by atoms with Crippen molar-refractivity contribution >= 4 is 44.3 Å². The third kappa shape index (κ3) is 2.37. The highest BCUT2D eigenvalue weighted by molar-refractivity contribution is 8.76. The minimum Gasteiger partial charge on any atom is -0.148 e. The molecule has 74 valence electrons. The third-order valence-corrected chi connectivity index (χ3v) is 6.45. The first-order valence-electron chi connectivity index (χ1n) is 4.20. The van der Waals surface area contributed by atoms with Crippen LogP contribution in [-0.4, -0.2) is 0 Å². The number of aryl methyl sites for hydroxylation is 2. The molecule has 0 aliphatic rings. The van der Waals surface area contributed by atoms with Gasteiger partial charge < -0.3 is 0 Å². The summed E-state index contributed by atoms with van der Waals surface area (Å²) in [6.45, 7) is 4.35. The van der Waals surface area contributed by atoms with Crippen molar-refractivity contribution in [2.24, 2.45) is 0 Å². The normalized spacial score (nSPS) is 10.7. The van der Waals surface area contributed by atoms with Gasteiger partial charge in [0.1, 0.15) is 0 Å². The highest BCUT2D eigenvalue weighted by atomic mass is 33.1. The lowest BCUT2D eigenvalue weighted by molar-refractivity contribution is 1.42. The lowest BCUT2D eigenvalue weighted by Gasteiger charge is -1.98. The van der Waals surface area contributed by atoms with E-state index in [1.54, 1.807) is 0 Å². The van der Waals surface area contributed by atoms with Crippen molar-refractivity contribution in [1.82, 2.24) is 0 Å². The highest BCUT2D eigenvalue weighted by Gasteiger charge is 2.04. The number of hydrogen-bond donors (Lipinski definition) is 0. The smallest absolute Gasteiger partial charge is 0.0322 e. The average molecular weight is 258 g/mol. The Kier molecular flexibility index (Phi) is 3.60. The molecule has 0 aliphatic carbocycles. The minimum absolute atomic E-state index is 1.39. The zero-order valence-electron chi connectivity index (χ0n) is 7.94. The van der Waals surface area contributed by atoms with Gasteiger partial charge in [-0.1, -0.05) is 21.6 Å². The van der Waals surface area contributed by atoms with Crippen LogP contribution < -0.4 is 0 Å². The van der Waals surface area contributed by atoms with Gasteiger partial charge in [0.15, 0.2) is 0 Å². The summed E-state index contributed by atoms with van der Waals surface area (Å²) in [4.78, 5) is 5.61. The quantitative estimate of drug-likeness (QED) is 0.692. The topological polar surface area (TPSA) is 0 Å². The summed E-state index contributed by atoms with van der Waals surface area (Å²) in [5.74, 6) is 0. The summed E-state index contributed by atoms with van der Waals surface area (Å²) in [6.07, 6.45) is 0. The largest absolute Gasteiger partial charge is 0.148 e. The highest BCUT2D eigenvalue weighted by Crippen LogP contribution is 2.42. The van der Waals surface area contributed by atoms with Crippen LogP contribution in [0.1, 0.15) is 9.75 Å². The molecule has 0 saturated carbocycles. The molecule has 4 heteroatoms. The molecule has 2 rings (SSSR count). The maximum absolute atomic E-state index is 2.19. The number of hydrogen-bond acceptors (Lipinski definition) is 4. The summed E-state index contributed by atoms with van der Waals surface area (Å²) < 4.78 is 0. The molecule has 0 aromatic carbocycles. The van der Waals surface area contributed by atoms with E-state index in [2.05, 4.69) is 36.7 Å². The molecule has 2 heterocycles. The molecule has 0 nitrogen and oxygen atoms in total. The molecule has 0 N–H and O–H groups in total. The molecule has 0 unspecified atom stereocenters. The van der Waals surface area contributed by atoms with Crippen LogP contribution in [0.3, 0.4) is 0 Å². The predicted molar refractivity (Wildman–Crippen MR) is 69.8 cm³/mol. The third-order valence-electron chi connectivity index (χ3n) is 1.84. The monoisotopic (exact) mass is 258 g/mol. The van der Waals surface area contributed by atoms with E-state index in [9.17, 15) is 0 Å². The summed E-state index contributed by atoms with van der Waals surface area (Å²) >= 11 is 3.63. The Morgan fingerprint density at radius 1 is 0.857 bits per heavy atom. The molecule has 0 bridgehead atoms. The van der Waals surface area contributed by atoms with Crippen molar-refractivity contribution in [3.8, 4) is 0 Å². The van der Waals surface area contributed by atoms with E-state index in [0.717, 1.165) is 0 Å².